The number of hydrogen-bond acceptors (Lipinski definition) is 4. The average Bonchev–Trinajstić information content (AvgIpc) is 2.50. The third-order valence-electron chi connectivity index (χ3n) is 1.27. The Kier molecular flexibility index (Phi) is 4.10. The lowest BCUT2D eigenvalue weighted by atomic mass is 10.4. The molecule has 5 heteroatoms. The van der Waals surface area contributed by atoms with E-state index < -0.39 is 0 Å². The molecule has 0 aliphatic rings. The van der Waals surface area contributed by atoms with Crippen LogP contribution in [0.4, 0.5) is 0 Å². The van der Waals surface area contributed by atoms with Gasteiger partial charge in [-0.1, -0.05) is 18.7 Å². The Bertz CT molecular complexity index is 226. The van der Waals surface area contributed by atoms with Gasteiger partial charge in [0.05, 0.1) is 13.0 Å². The molecule has 0 spiro atoms. The van der Waals surface area contributed by atoms with Gasteiger partial charge in [0.2, 0.25) is 5.89 Å². The first-order valence-corrected chi connectivity index (χ1v) is 5.09. The van der Waals surface area contributed by atoms with Crippen LogP contribution in [0, 0.1) is 0 Å². The van der Waals surface area contributed by atoms with Crippen molar-refractivity contribution in [1.29, 1.82) is 0 Å². The topological polar surface area (TPSA) is 66.6 Å². The van der Waals surface area contributed by atoms with E-state index in [9.17, 15) is 0 Å². The molecule has 1 heterocycles. The van der Waals surface area contributed by atoms with E-state index in [2.05, 4.69) is 22.9 Å². The summed E-state index contributed by atoms with van der Waals surface area (Å²) in [6.45, 7) is 2.93. The summed E-state index contributed by atoms with van der Waals surface area (Å²) in [4.78, 5) is 0. The fraction of sp³-hybridized carbons (Fsp3) is 0.714. The summed E-state index contributed by atoms with van der Waals surface area (Å²) in [6, 6.07) is 0. The summed E-state index contributed by atoms with van der Waals surface area (Å²) in [7, 11) is 0. The Balaban J connectivity index is 2.41. The molecule has 68 valence electrons. The van der Waals surface area contributed by atoms with Gasteiger partial charge in [0.25, 0.3) is 5.22 Å². The molecule has 4 nitrogen and oxygen atoms in total. The van der Waals surface area contributed by atoms with Crippen LogP contribution in [0.5, 0.6) is 0 Å². The molecule has 3 N–H and O–H groups in total. The molecule has 0 aliphatic carbocycles. The van der Waals surface area contributed by atoms with Crippen LogP contribution < -0.4 is 5.73 Å². The molecule has 1 aromatic rings. The van der Waals surface area contributed by atoms with E-state index >= 15 is 0 Å². The van der Waals surface area contributed by atoms with Gasteiger partial charge in [0, 0.05) is 5.75 Å². The smallest absolute Gasteiger partial charge is 0.276 e. The highest BCUT2D eigenvalue weighted by atomic mass is 32.2. The van der Waals surface area contributed by atoms with Gasteiger partial charge >= 0.3 is 0 Å². The third-order valence-corrected chi connectivity index (χ3v) is 2.29. The van der Waals surface area contributed by atoms with Crippen LogP contribution in [0.1, 0.15) is 19.2 Å². The largest absolute Gasteiger partial charge is 0.416 e. The highest BCUT2D eigenvalue weighted by Crippen LogP contribution is 2.16. The van der Waals surface area contributed by atoms with Crippen molar-refractivity contribution in [3.8, 4) is 0 Å². The molecule has 1 aromatic heterocycles. The van der Waals surface area contributed by atoms with Gasteiger partial charge in [0.1, 0.15) is 0 Å². The fourth-order valence-corrected chi connectivity index (χ4v) is 1.37. The Morgan fingerprint density at radius 1 is 1.50 bits per heavy atom. The van der Waals surface area contributed by atoms with E-state index in [4.69, 9.17) is 4.42 Å². The van der Waals surface area contributed by atoms with Gasteiger partial charge in [-0.3, -0.25) is 0 Å². The number of aromatic nitrogens is 2. The average molecular weight is 188 g/mol. The van der Waals surface area contributed by atoms with Crippen molar-refractivity contribution in [2.45, 2.75) is 25.0 Å². The minimum Gasteiger partial charge on any atom is -0.416 e. The van der Waals surface area contributed by atoms with Crippen molar-refractivity contribution in [2.24, 2.45) is 0 Å². The first-order valence-electron chi connectivity index (χ1n) is 4.11. The molecule has 0 bridgehead atoms. The molecular formula is C7H14N3OS+. The molecule has 0 fully saturated rings. The highest BCUT2D eigenvalue weighted by Gasteiger charge is 2.04. The van der Waals surface area contributed by atoms with Crippen molar-refractivity contribution < 1.29 is 10.2 Å². The van der Waals surface area contributed by atoms with Crippen molar-refractivity contribution in [2.75, 3.05) is 12.3 Å². The lowest BCUT2D eigenvalue weighted by molar-refractivity contribution is -0.367. The second-order valence-corrected chi connectivity index (χ2v) is 3.46. The molecular weight excluding hydrogens is 174 g/mol. The van der Waals surface area contributed by atoms with Crippen molar-refractivity contribution in [1.82, 2.24) is 10.2 Å². The first kappa shape index (κ1) is 9.54. The number of thioether (sulfide) groups is 1. The predicted molar refractivity (Wildman–Crippen MR) is 46.8 cm³/mol. The van der Waals surface area contributed by atoms with Gasteiger partial charge < -0.3 is 10.2 Å². The molecule has 0 aliphatic heterocycles. The highest BCUT2D eigenvalue weighted by molar-refractivity contribution is 7.99. The van der Waals surface area contributed by atoms with Crippen LogP contribution in [0.2, 0.25) is 0 Å². The van der Waals surface area contributed by atoms with Crippen molar-refractivity contribution >= 4 is 11.8 Å². The normalized spacial score (nSPS) is 10.5. The second-order valence-electron chi connectivity index (χ2n) is 2.41. The number of hydrogen-bond donors (Lipinski definition) is 1. The van der Waals surface area contributed by atoms with Crippen molar-refractivity contribution in [3.05, 3.63) is 5.89 Å². The molecule has 0 amide bonds. The third kappa shape index (κ3) is 2.83. The van der Waals surface area contributed by atoms with Gasteiger partial charge in [-0.2, -0.15) is 0 Å². The zero-order valence-corrected chi connectivity index (χ0v) is 8.06. The minimum atomic E-state index is 0.681. The summed E-state index contributed by atoms with van der Waals surface area (Å²) in [6.07, 6.45) is 1.90. The summed E-state index contributed by atoms with van der Waals surface area (Å²) < 4.78 is 5.33. The van der Waals surface area contributed by atoms with E-state index in [1.807, 2.05) is 0 Å². The molecule has 0 atom stereocenters. The molecule has 0 saturated carbocycles. The van der Waals surface area contributed by atoms with Crippen LogP contribution in [0.3, 0.4) is 0 Å². The molecule has 0 unspecified atom stereocenters. The predicted octanol–water partition coefficient (Wildman–Crippen LogP) is 0.356. The summed E-state index contributed by atoms with van der Waals surface area (Å²) in [5, 5.41) is 8.45. The lowest BCUT2D eigenvalue weighted by Crippen LogP contribution is -2.51. The Hall–Kier alpha value is -0.550. The van der Waals surface area contributed by atoms with Crippen LogP contribution in [-0.4, -0.2) is 22.5 Å². The number of rotatable bonds is 5. The van der Waals surface area contributed by atoms with Gasteiger partial charge in [-0.25, -0.2) is 0 Å². The monoisotopic (exact) mass is 188 g/mol. The van der Waals surface area contributed by atoms with Crippen molar-refractivity contribution in [3.63, 3.8) is 0 Å². The van der Waals surface area contributed by atoms with Crippen LogP contribution in [0.25, 0.3) is 0 Å². The van der Waals surface area contributed by atoms with Gasteiger partial charge in [-0.15, -0.1) is 10.2 Å². The second kappa shape index (κ2) is 5.16. The fourth-order valence-electron chi connectivity index (χ4n) is 0.738. The van der Waals surface area contributed by atoms with Gasteiger partial charge in [0.15, 0.2) is 0 Å². The van der Waals surface area contributed by atoms with E-state index in [0.717, 1.165) is 25.1 Å². The Morgan fingerprint density at radius 2 is 2.33 bits per heavy atom. The summed E-state index contributed by atoms with van der Waals surface area (Å²) in [5.41, 5.74) is 3.72. The number of quaternary nitrogens is 1. The van der Waals surface area contributed by atoms with Crippen LogP contribution in [0.15, 0.2) is 9.64 Å². The quantitative estimate of drug-likeness (QED) is 0.677. The van der Waals surface area contributed by atoms with Gasteiger partial charge in [-0.05, 0) is 6.42 Å². The van der Waals surface area contributed by atoms with E-state index in [0.29, 0.717) is 11.1 Å². The number of nitrogens with zero attached hydrogens (tertiary/aromatic N) is 2. The maximum atomic E-state index is 5.33. The van der Waals surface area contributed by atoms with E-state index in [1.54, 1.807) is 11.8 Å². The van der Waals surface area contributed by atoms with E-state index in [1.165, 1.54) is 0 Å². The van der Waals surface area contributed by atoms with E-state index in [-0.39, 0.29) is 0 Å². The zero-order chi connectivity index (χ0) is 8.81. The lowest BCUT2D eigenvalue weighted by Gasteiger charge is -1.89. The summed E-state index contributed by atoms with van der Waals surface area (Å²) >= 11 is 1.61. The van der Waals surface area contributed by atoms with Crippen LogP contribution in [-0.2, 0) is 6.42 Å². The molecule has 0 saturated heterocycles. The maximum absolute atomic E-state index is 5.33. The standard InChI is InChI=1S/C7H13N3OS/c1-2-5-12-7-10-9-6(11-7)3-4-8/h2-5,8H2,1H3/p+1. The molecule has 0 radical (unpaired) electrons. The Morgan fingerprint density at radius 3 is 3.00 bits per heavy atom. The van der Waals surface area contributed by atoms with Crippen LogP contribution >= 0.6 is 11.8 Å². The molecule has 12 heavy (non-hydrogen) atoms. The maximum Gasteiger partial charge on any atom is 0.276 e. The summed E-state index contributed by atoms with van der Waals surface area (Å²) in [5.74, 6) is 1.73. The molecule has 1 rings (SSSR count). The molecule has 0 aromatic carbocycles. The SMILES string of the molecule is CCCSc1nnc(CC[NH3+])o1. The Labute approximate surface area is 75.9 Å². The first-order chi connectivity index (χ1) is 5.86. The zero-order valence-electron chi connectivity index (χ0n) is 7.25. The minimum absolute atomic E-state index is 0.681.